The molecule has 0 aliphatic heterocycles. The van der Waals surface area contributed by atoms with Crippen molar-refractivity contribution in [3.05, 3.63) is 0 Å². The standard InChI is InChI=1S/C5H15NO13P4.C4H8O2/c1-2-3(7)5(22(14,15)16,23(17,18)19)6-4(20(8,9)10)21(11,12)13;1-2-3-4(5)6/h4,6H,2H2,1H3,(H2,8,9,10)(H2,11,12,13)(H2,14,15,16)(H2,17,18,19);2-3H2,1H3,(H,5,6). The van der Waals surface area contributed by atoms with Crippen molar-refractivity contribution in [3.63, 3.8) is 0 Å². The summed E-state index contributed by atoms with van der Waals surface area (Å²) >= 11 is 0. The number of nitrogens with one attached hydrogen (secondary N) is 1. The highest BCUT2D eigenvalue weighted by molar-refractivity contribution is 7.75. The Kier molecular flexibility index (Phi) is 11.5. The summed E-state index contributed by atoms with van der Waals surface area (Å²) in [4.78, 5) is 93.7. The summed E-state index contributed by atoms with van der Waals surface area (Å²) in [5.74, 6) is -2.61. The van der Waals surface area contributed by atoms with E-state index in [-0.39, 0.29) is 0 Å². The predicted molar refractivity (Wildman–Crippen MR) is 95.7 cm³/mol. The van der Waals surface area contributed by atoms with Crippen LogP contribution in [0.4, 0.5) is 0 Å². The number of carbonyl (C=O) groups excluding carboxylic acids is 1. The highest BCUT2D eigenvalue weighted by Gasteiger charge is 2.68. The molecule has 0 saturated heterocycles. The third kappa shape index (κ3) is 8.76. The fourth-order valence-corrected chi connectivity index (χ4v) is 7.36. The van der Waals surface area contributed by atoms with Crippen LogP contribution in [-0.4, -0.2) is 66.6 Å². The lowest BCUT2D eigenvalue weighted by atomic mass is 10.3. The first-order valence-electron chi connectivity index (χ1n) is 7.34. The summed E-state index contributed by atoms with van der Waals surface area (Å²) in [5.41, 5.74) is -3.43. The molecule has 0 radical (unpaired) electrons. The van der Waals surface area contributed by atoms with E-state index in [1.807, 2.05) is 6.92 Å². The van der Waals surface area contributed by atoms with E-state index in [0.29, 0.717) is 6.42 Å². The third-order valence-corrected chi connectivity index (χ3v) is 10.3. The van der Waals surface area contributed by atoms with Gasteiger partial charge in [-0.25, -0.2) is 0 Å². The Bertz CT molecular complexity index is 727. The molecule has 0 rings (SSSR count). The molecule has 0 heterocycles. The molecule has 10 N–H and O–H groups in total. The van der Waals surface area contributed by atoms with Gasteiger partial charge in [0, 0.05) is 12.8 Å². The zero-order valence-electron chi connectivity index (χ0n) is 15.0. The monoisotopic (exact) mass is 509 g/mol. The molecule has 0 aliphatic rings. The van der Waals surface area contributed by atoms with Gasteiger partial charge in [0.1, 0.15) is 0 Å². The normalized spacial score (nSPS) is 13.6. The fourth-order valence-electron chi connectivity index (χ4n) is 1.75. The van der Waals surface area contributed by atoms with Gasteiger partial charge in [-0.05, 0) is 6.42 Å². The highest BCUT2D eigenvalue weighted by Crippen LogP contribution is 2.71. The van der Waals surface area contributed by atoms with Crippen molar-refractivity contribution in [2.75, 3.05) is 0 Å². The summed E-state index contributed by atoms with van der Waals surface area (Å²) in [6.07, 6.45) is 0.0909. The zero-order valence-corrected chi connectivity index (χ0v) is 18.5. The molecule has 0 fully saturated rings. The van der Waals surface area contributed by atoms with Crippen molar-refractivity contribution in [3.8, 4) is 0 Å². The van der Waals surface area contributed by atoms with E-state index in [1.165, 1.54) is 0 Å². The van der Waals surface area contributed by atoms with Crippen LogP contribution in [0.25, 0.3) is 0 Å². The van der Waals surface area contributed by atoms with Crippen molar-refractivity contribution >= 4 is 42.1 Å². The molecule has 0 aliphatic carbocycles. The SMILES string of the molecule is CCC(=O)C(NC(P(=O)(O)O)P(=O)(O)O)(P(=O)(O)O)P(=O)(O)O.CCCC(=O)O. The van der Waals surface area contributed by atoms with Gasteiger partial charge in [-0.1, -0.05) is 13.8 Å². The van der Waals surface area contributed by atoms with Crippen LogP contribution in [0.15, 0.2) is 0 Å². The fraction of sp³-hybridized carbons (Fsp3) is 0.778. The second kappa shape index (κ2) is 10.8. The molecule has 0 aromatic heterocycles. The van der Waals surface area contributed by atoms with Crippen LogP contribution in [0.5, 0.6) is 0 Å². The van der Waals surface area contributed by atoms with E-state index in [4.69, 9.17) is 24.7 Å². The van der Waals surface area contributed by atoms with Gasteiger partial charge in [0.05, 0.1) is 0 Å². The summed E-state index contributed by atoms with van der Waals surface area (Å²) in [6.45, 7) is 2.75. The van der Waals surface area contributed by atoms with E-state index < -0.39 is 59.1 Å². The van der Waals surface area contributed by atoms with Gasteiger partial charge in [-0.2, -0.15) is 0 Å². The number of carboxylic acid groups (broad SMARTS) is 1. The zero-order chi connectivity index (χ0) is 24.1. The van der Waals surface area contributed by atoms with Gasteiger partial charge >= 0.3 is 36.4 Å². The number of Topliss-reactive ketones (excluding diaryl/α,β-unsaturated/α-hetero) is 1. The molecule has 0 unspecified atom stereocenters. The third-order valence-electron chi connectivity index (χ3n) is 2.98. The van der Waals surface area contributed by atoms with Crippen LogP contribution in [0, 0.1) is 0 Å². The molecular weight excluding hydrogens is 486 g/mol. The molecule has 0 aromatic rings. The Labute approximate surface area is 164 Å². The van der Waals surface area contributed by atoms with Crippen LogP contribution in [-0.2, 0) is 27.8 Å². The van der Waals surface area contributed by atoms with E-state index in [1.54, 1.807) is 0 Å². The van der Waals surface area contributed by atoms with Crippen molar-refractivity contribution in [1.29, 1.82) is 0 Å². The Hall–Kier alpha value is -0.300. The molecule has 0 amide bonds. The molecule has 0 saturated carbocycles. The van der Waals surface area contributed by atoms with E-state index in [2.05, 4.69) is 0 Å². The number of aliphatic carboxylic acids is 1. The van der Waals surface area contributed by atoms with Crippen LogP contribution in [0.3, 0.4) is 0 Å². The maximum absolute atomic E-state index is 11.8. The molecule has 0 spiro atoms. The van der Waals surface area contributed by atoms with E-state index in [9.17, 15) is 47.4 Å². The average Bonchev–Trinajstić information content (AvgIpc) is 2.42. The lowest BCUT2D eigenvalue weighted by Crippen LogP contribution is -2.54. The minimum absolute atomic E-state index is 0.292. The summed E-state index contributed by atoms with van der Waals surface area (Å²) < 4.78 is 45.3. The van der Waals surface area contributed by atoms with E-state index in [0.717, 1.165) is 18.7 Å². The van der Waals surface area contributed by atoms with Gasteiger partial charge in [-0.15, -0.1) is 0 Å². The minimum atomic E-state index is -6.20. The Morgan fingerprint density at radius 1 is 0.828 bits per heavy atom. The van der Waals surface area contributed by atoms with Crippen LogP contribution in [0.1, 0.15) is 33.1 Å². The van der Waals surface area contributed by atoms with Gasteiger partial charge in [0.25, 0.3) is 5.02 Å². The molecule has 16 nitrogen and oxygen atoms in total. The number of ketones is 1. The average molecular weight is 509 g/mol. The molecule has 29 heavy (non-hydrogen) atoms. The molecule has 0 atom stereocenters. The van der Waals surface area contributed by atoms with Crippen LogP contribution < -0.4 is 5.32 Å². The first kappa shape index (κ1) is 30.9. The number of hydrogen-bond donors (Lipinski definition) is 10. The smallest absolute Gasteiger partial charge is 0.365 e. The minimum Gasteiger partial charge on any atom is -0.481 e. The number of carbonyl (C=O) groups is 2. The Balaban J connectivity index is 0. The second-order valence-electron chi connectivity index (χ2n) is 5.38. The summed E-state index contributed by atoms with van der Waals surface area (Å²) in [6, 6.07) is 0. The second-order valence-corrected chi connectivity index (χ2v) is 13.0. The number of rotatable bonds is 10. The molecule has 0 bridgehead atoms. The van der Waals surface area contributed by atoms with Crippen molar-refractivity contribution in [1.82, 2.24) is 5.32 Å². The first-order chi connectivity index (χ1) is 12.6. The molecule has 174 valence electrons. The quantitative estimate of drug-likeness (QED) is 0.159. The van der Waals surface area contributed by atoms with Crippen molar-refractivity contribution in [2.45, 2.75) is 43.7 Å². The molecule has 20 heteroatoms. The Morgan fingerprint density at radius 2 is 1.17 bits per heavy atom. The topological polar surface area (TPSA) is 297 Å². The van der Waals surface area contributed by atoms with Crippen LogP contribution >= 0.6 is 30.4 Å². The largest absolute Gasteiger partial charge is 0.481 e. The molecular formula is C9H23NO15P4. The number of carboxylic acids is 1. The van der Waals surface area contributed by atoms with Crippen molar-refractivity contribution < 1.29 is 72.1 Å². The first-order valence-corrected chi connectivity index (χ1v) is 13.9. The van der Waals surface area contributed by atoms with Gasteiger partial charge in [0.15, 0.2) is 5.78 Å². The lowest BCUT2D eigenvalue weighted by Gasteiger charge is -2.36. The summed E-state index contributed by atoms with van der Waals surface area (Å²) in [5, 5.41) is 4.57. The van der Waals surface area contributed by atoms with Crippen LogP contribution in [0.2, 0.25) is 0 Å². The van der Waals surface area contributed by atoms with Gasteiger partial charge < -0.3 is 44.3 Å². The maximum Gasteiger partial charge on any atom is 0.365 e. The lowest BCUT2D eigenvalue weighted by molar-refractivity contribution is -0.137. The van der Waals surface area contributed by atoms with Crippen molar-refractivity contribution in [2.24, 2.45) is 0 Å². The maximum atomic E-state index is 11.8. The van der Waals surface area contributed by atoms with E-state index >= 15 is 0 Å². The highest BCUT2D eigenvalue weighted by atomic mass is 31.2. The predicted octanol–water partition coefficient (Wildman–Crippen LogP) is -0.926. The van der Waals surface area contributed by atoms with Gasteiger partial charge in [0.2, 0.25) is 5.52 Å². The Morgan fingerprint density at radius 3 is 1.31 bits per heavy atom. The van der Waals surface area contributed by atoms with Gasteiger partial charge in [-0.3, -0.25) is 33.2 Å². The molecule has 0 aromatic carbocycles. The summed E-state index contributed by atoms with van der Waals surface area (Å²) in [7, 11) is -24.2. The number of hydrogen-bond acceptors (Lipinski definition) is 7.